The number of nitrogens with one attached hydrogen (secondary N) is 2. The molecule has 1 amide bonds. The zero-order chi connectivity index (χ0) is 19.8. The van der Waals surface area contributed by atoms with E-state index >= 15 is 0 Å². The Morgan fingerprint density at radius 2 is 1.96 bits per heavy atom. The first-order valence-electron chi connectivity index (χ1n) is 6.40. The van der Waals surface area contributed by atoms with Crippen LogP contribution in [0.3, 0.4) is 0 Å². The van der Waals surface area contributed by atoms with E-state index in [1.807, 2.05) is 0 Å². The van der Waals surface area contributed by atoms with Crippen LogP contribution in [0.2, 0.25) is 5.02 Å². The van der Waals surface area contributed by atoms with E-state index in [1.165, 1.54) is 18.2 Å². The van der Waals surface area contributed by atoms with E-state index < -0.39 is 17.1 Å². The van der Waals surface area contributed by atoms with Gasteiger partial charge in [-0.2, -0.15) is 13.2 Å². The molecule has 0 radical (unpaired) electrons. The summed E-state index contributed by atoms with van der Waals surface area (Å²) in [6, 6.07) is 4.09. The zero-order valence-electron chi connectivity index (χ0n) is 12.6. The van der Waals surface area contributed by atoms with Crippen molar-refractivity contribution in [1.29, 1.82) is 0 Å². The standard InChI is InChI=1S/C10H13ClN4O3.C2HF3O2/c1-6(5-12)10(16)14-13-8-3-2-7(11)4-9(8)15(17)18;3-2(4,5)1(6)7/h2-4,6,13H,5,12H2,1H3,(H,14,16);(H,6,7). The molecule has 1 aromatic rings. The van der Waals surface area contributed by atoms with E-state index in [1.54, 1.807) is 6.92 Å². The molecule has 9 nitrogen and oxygen atoms in total. The maximum absolute atomic E-state index is 11.4. The molecule has 0 heterocycles. The molecule has 0 aliphatic heterocycles. The van der Waals surface area contributed by atoms with Crippen molar-refractivity contribution in [3.05, 3.63) is 33.3 Å². The first-order valence-corrected chi connectivity index (χ1v) is 6.78. The number of alkyl halides is 3. The Bertz CT molecular complexity index is 642. The van der Waals surface area contributed by atoms with Gasteiger partial charge in [-0.1, -0.05) is 18.5 Å². The largest absolute Gasteiger partial charge is 0.490 e. The van der Waals surface area contributed by atoms with Gasteiger partial charge in [-0.3, -0.25) is 25.8 Å². The molecule has 0 bridgehead atoms. The van der Waals surface area contributed by atoms with Crippen LogP contribution in [0.5, 0.6) is 0 Å². The van der Waals surface area contributed by atoms with Crippen LogP contribution < -0.4 is 16.6 Å². The molecule has 1 rings (SSSR count). The molecule has 1 atom stereocenters. The van der Waals surface area contributed by atoms with Crippen molar-refractivity contribution in [2.45, 2.75) is 13.1 Å². The number of nitro groups is 1. The Hall–Kier alpha value is -2.60. The third-order valence-electron chi connectivity index (χ3n) is 2.52. The number of carbonyl (C=O) groups excluding carboxylic acids is 1. The minimum Gasteiger partial charge on any atom is -0.475 e. The SMILES string of the molecule is CC(CN)C(=O)NNc1ccc(Cl)cc1[N+](=O)[O-].O=C(O)C(F)(F)F. The smallest absolute Gasteiger partial charge is 0.475 e. The average molecular weight is 387 g/mol. The lowest BCUT2D eigenvalue weighted by atomic mass is 10.2. The molecule has 25 heavy (non-hydrogen) atoms. The lowest BCUT2D eigenvalue weighted by Crippen LogP contribution is -2.37. The van der Waals surface area contributed by atoms with Gasteiger partial charge in [0, 0.05) is 23.6 Å². The van der Waals surface area contributed by atoms with Gasteiger partial charge in [0.2, 0.25) is 5.91 Å². The van der Waals surface area contributed by atoms with Crippen molar-refractivity contribution in [3.8, 4) is 0 Å². The van der Waals surface area contributed by atoms with Gasteiger partial charge in [-0.05, 0) is 12.1 Å². The fraction of sp³-hybridized carbons (Fsp3) is 0.333. The van der Waals surface area contributed by atoms with Gasteiger partial charge in [0.25, 0.3) is 5.69 Å². The summed E-state index contributed by atoms with van der Waals surface area (Å²) in [6.07, 6.45) is -5.08. The monoisotopic (exact) mass is 386 g/mol. The maximum Gasteiger partial charge on any atom is 0.490 e. The van der Waals surface area contributed by atoms with Gasteiger partial charge in [0.05, 0.1) is 4.92 Å². The fourth-order valence-corrected chi connectivity index (χ4v) is 1.29. The van der Waals surface area contributed by atoms with Crippen LogP contribution in [-0.4, -0.2) is 34.6 Å². The summed E-state index contributed by atoms with van der Waals surface area (Å²) in [4.78, 5) is 30.5. The van der Waals surface area contributed by atoms with Crippen LogP contribution in [0.1, 0.15) is 6.92 Å². The molecular weight excluding hydrogens is 373 g/mol. The van der Waals surface area contributed by atoms with Gasteiger partial charge < -0.3 is 10.8 Å². The number of hydrazine groups is 1. The van der Waals surface area contributed by atoms with Crippen LogP contribution in [0, 0.1) is 16.0 Å². The number of anilines is 1. The summed E-state index contributed by atoms with van der Waals surface area (Å²) in [5.41, 5.74) is 10.1. The normalized spacial score (nSPS) is 11.6. The molecule has 13 heteroatoms. The topological polar surface area (TPSA) is 148 Å². The quantitative estimate of drug-likeness (QED) is 0.446. The first kappa shape index (κ1) is 22.4. The lowest BCUT2D eigenvalue weighted by molar-refractivity contribution is -0.384. The molecular formula is C12H14ClF3N4O5. The number of carbonyl (C=O) groups is 2. The molecule has 0 saturated heterocycles. The van der Waals surface area contributed by atoms with Crippen LogP contribution in [0.25, 0.3) is 0 Å². The number of rotatable bonds is 5. The van der Waals surface area contributed by atoms with Crippen molar-refractivity contribution in [2.24, 2.45) is 11.7 Å². The highest BCUT2D eigenvalue weighted by Crippen LogP contribution is 2.27. The number of hydrogen-bond donors (Lipinski definition) is 4. The van der Waals surface area contributed by atoms with Crippen molar-refractivity contribution in [2.75, 3.05) is 12.0 Å². The highest BCUT2D eigenvalue weighted by atomic mass is 35.5. The number of nitrogens with zero attached hydrogens (tertiary/aromatic N) is 1. The summed E-state index contributed by atoms with van der Waals surface area (Å²) in [5, 5.41) is 18.2. The Morgan fingerprint density at radius 3 is 2.36 bits per heavy atom. The number of nitro benzene ring substituents is 1. The number of benzene rings is 1. The van der Waals surface area contributed by atoms with Crippen LogP contribution in [0.4, 0.5) is 24.5 Å². The van der Waals surface area contributed by atoms with Crippen LogP contribution in [0.15, 0.2) is 18.2 Å². The highest BCUT2D eigenvalue weighted by molar-refractivity contribution is 6.30. The third-order valence-corrected chi connectivity index (χ3v) is 2.76. The van der Waals surface area contributed by atoms with Gasteiger partial charge in [-0.25, -0.2) is 4.79 Å². The molecule has 0 saturated carbocycles. The van der Waals surface area contributed by atoms with Crippen LogP contribution >= 0.6 is 11.6 Å². The van der Waals surface area contributed by atoms with E-state index in [4.69, 9.17) is 27.2 Å². The lowest BCUT2D eigenvalue weighted by Gasteiger charge is -2.12. The number of nitrogens with two attached hydrogens (primary N) is 1. The predicted octanol–water partition coefficient (Wildman–Crippen LogP) is 1.92. The van der Waals surface area contributed by atoms with Gasteiger partial charge in [0.15, 0.2) is 0 Å². The molecule has 5 N–H and O–H groups in total. The summed E-state index contributed by atoms with van der Waals surface area (Å²) < 4.78 is 31.7. The minimum atomic E-state index is -5.08. The van der Waals surface area contributed by atoms with Gasteiger partial charge >= 0.3 is 12.1 Å². The van der Waals surface area contributed by atoms with Crippen molar-refractivity contribution in [1.82, 2.24) is 5.43 Å². The summed E-state index contributed by atoms with van der Waals surface area (Å²) in [5.74, 6) is -3.49. The zero-order valence-corrected chi connectivity index (χ0v) is 13.4. The van der Waals surface area contributed by atoms with Crippen molar-refractivity contribution in [3.63, 3.8) is 0 Å². The minimum absolute atomic E-state index is 0.155. The Kier molecular flexibility index (Phi) is 8.63. The molecule has 0 aromatic heterocycles. The second kappa shape index (κ2) is 9.64. The summed E-state index contributed by atoms with van der Waals surface area (Å²) in [7, 11) is 0. The predicted molar refractivity (Wildman–Crippen MR) is 81.8 cm³/mol. The number of hydrogen-bond acceptors (Lipinski definition) is 6. The van der Waals surface area contributed by atoms with E-state index in [9.17, 15) is 28.1 Å². The average Bonchev–Trinajstić information content (AvgIpc) is 2.52. The van der Waals surface area contributed by atoms with E-state index in [-0.39, 0.29) is 34.8 Å². The second-order valence-corrected chi connectivity index (χ2v) is 4.91. The van der Waals surface area contributed by atoms with E-state index in [2.05, 4.69) is 10.9 Å². The molecule has 0 fully saturated rings. The van der Waals surface area contributed by atoms with E-state index in [0.29, 0.717) is 0 Å². The first-order chi connectivity index (χ1) is 11.4. The molecule has 1 aromatic carbocycles. The number of carboxylic acids is 1. The van der Waals surface area contributed by atoms with Crippen LogP contribution in [-0.2, 0) is 9.59 Å². The molecule has 0 spiro atoms. The van der Waals surface area contributed by atoms with Gasteiger partial charge in [0.1, 0.15) is 5.69 Å². The molecule has 1 unspecified atom stereocenters. The van der Waals surface area contributed by atoms with Crippen molar-refractivity contribution >= 4 is 34.9 Å². The molecule has 0 aliphatic carbocycles. The summed E-state index contributed by atoms with van der Waals surface area (Å²) >= 11 is 5.66. The number of amides is 1. The Balaban J connectivity index is 0.000000697. The maximum atomic E-state index is 11.4. The number of aliphatic carboxylic acids is 1. The highest BCUT2D eigenvalue weighted by Gasteiger charge is 2.38. The fourth-order valence-electron chi connectivity index (χ4n) is 1.12. The number of halogens is 4. The molecule has 140 valence electrons. The summed E-state index contributed by atoms with van der Waals surface area (Å²) in [6.45, 7) is 1.84. The second-order valence-electron chi connectivity index (χ2n) is 4.47. The Labute approximate surface area is 144 Å². The Morgan fingerprint density at radius 1 is 1.44 bits per heavy atom. The molecule has 0 aliphatic rings. The van der Waals surface area contributed by atoms with Crippen molar-refractivity contribution < 1.29 is 32.8 Å². The third kappa shape index (κ3) is 8.17. The van der Waals surface area contributed by atoms with E-state index in [0.717, 1.165) is 0 Å². The van der Waals surface area contributed by atoms with Gasteiger partial charge in [-0.15, -0.1) is 0 Å². The number of carboxylic acid groups (broad SMARTS) is 1.